The summed E-state index contributed by atoms with van der Waals surface area (Å²) in [4.78, 5) is 46.6. The number of amides is 2. The maximum Gasteiger partial charge on any atom is 0.274 e. The van der Waals surface area contributed by atoms with Gasteiger partial charge in [0.15, 0.2) is 5.65 Å². The Labute approximate surface area is 338 Å². The van der Waals surface area contributed by atoms with E-state index in [0.29, 0.717) is 42.3 Å². The summed E-state index contributed by atoms with van der Waals surface area (Å²) in [6, 6.07) is 14.9. The number of carbonyl (C=O) groups is 2. The van der Waals surface area contributed by atoms with Gasteiger partial charge in [0.25, 0.3) is 17.4 Å². The number of halogens is 2. The highest BCUT2D eigenvalue weighted by Crippen LogP contribution is 2.25. The second-order valence-corrected chi connectivity index (χ2v) is 14.4. The first-order chi connectivity index (χ1) is 27.8. The summed E-state index contributed by atoms with van der Waals surface area (Å²) in [6.07, 6.45) is 4.92. The molecule has 0 aliphatic heterocycles. The van der Waals surface area contributed by atoms with Gasteiger partial charge in [-0.15, -0.1) is 0 Å². The largest absolute Gasteiger partial charge is 0.481 e. The Balaban J connectivity index is 0.000000221. The number of aromatic nitrogens is 6. The molecule has 0 unspecified atom stereocenters. The molecule has 4 heterocycles. The van der Waals surface area contributed by atoms with Gasteiger partial charge in [-0.25, -0.2) is 13.8 Å². The van der Waals surface area contributed by atoms with Crippen LogP contribution in [0.5, 0.6) is 5.88 Å². The number of carbonyl (C=O) groups excluding carboxylic acids is 2. The molecule has 0 aliphatic rings. The third kappa shape index (κ3) is 9.60. The molecule has 0 spiro atoms. The van der Waals surface area contributed by atoms with Gasteiger partial charge in [-0.3, -0.25) is 14.4 Å². The lowest BCUT2D eigenvalue weighted by molar-refractivity contribution is 0.0733. The molecular formula is C44H54F2N8O4. The fourth-order valence-corrected chi connectivity index (χ4v) is 7.11. The van der Waals surface area contributed by atoms with Crippen molar-refractivity contribution in [2.45, 2.75) is 93.2 Å². The van der Waals surface area contributed by atoms with E-state index in [1.165, 1.54) is 34.8 Å². The highest BCUT2D eigenvalue weighted by molar-refractivity contribution is 5.94. The topological polar surface area (TPSA) is 119 Å². The molecule has 0 atom stereocenters. The first-order valence-corrected chi connectivity index (χ1v) is 19.9. The number of benzene rings is 2. The maximum atomic E-state index is 13.6. The maximum absolute atomic E-state index is 13.6. The summed E-state index contributed by atoms with van der Waals surface area (Å²) in [5.74, 6) is -0.702. The van der Waals surface area contributed by atoms with Crippen molar-refractivity contribution in [1.29, 1.82) is 0 Å². The number of ether oxygens (including phenoxy) is 1. The van der Waals surface area contributed by atoms with E-state index in [4.69, 9.17) is 9.84 Å². The Bertz CT molecular complexity index is 2450. The third-order valence-electron chi connectivity index (χ3n) is 9.89. The van der Waals surface area contributed by atoms with E-state index in [1.807, 2.05) is 45.4 Å². The quantitative estimate of drug-likeness (QED) is 0.105. The molecule has 0 fully saturated rings. The predicted molar refractivity (Wildman–Crippen MR) is 220 cm³/mol. The van der Waals surface area contributed by atoms with Gasteiger partial charge in [0.05, 0.1) is 31.6 Å². The number of nitrogens with zero attached hydrogens (tertiary/aromatic N) is 8. The summed E-state index contributed by atoms with van der Waals surface area (Å²) in [5.41, 5.74) is 7.19. The van der Waals surface area contributed by atoms with Crippen LogP contribution in [-0.2, 0) is 33.0 Å². The normalized spacial score (nSPS) is 11.1. The summed E-state index contributed by atoms with van der Waals surface area (Å²) >= 11 is 0. The minimum absolute atomic E-state index is 0.183. The Hall–Kier alpha value is -5.92. The fourth-order valence-electron chi connectivity index (χ4n) is 7.11. The lowest BCUT2D eigenvalue weighted by atomic mass is 10.1. The van der Waals surface area contributed by atoms with Crippen LogP contribution in [0.2, 0.25) is 0 Å². The van der Waals surface area contributed by atoms with Crippen LogP contribution >= 0.6 is 0 Å². The van der Waals surface area contributed by atoms with E-state index < -0.39 is 11.6 Å². The number of aryl methyl sites for hydroxylation is 5. The summed E-state index contributed by atoms with van der Waals surface area (Å²) in [6.45, 7) is 13.7. The molecular weight excluding hydrogens is 743 g/mol. The van der Waals surface area contributed by atoms with E-state index in [-0.39, 0.29) is 23.9 Å². The molecule has 0 radical (unpaired) electrons. The van der Waals surface area contributed by atoms with E-state index in [9.17, 15) is 23.2 Å². The van der Waals surface area contributed by atoms with Gasteiger partial charge < -0.3 is 19.1 Å². The van der Waals surface area contributed by atoms with Crippen LogP contribution in [0.15, 0.2) is 65.5 Å². The number of methoxy groups -OCH3 is 1. The van der Waals surface area contributed by atoms with E-state index in [0.717, 1.165) is 78.0 Å². The SMILES string of the molecule is CCCc1c(CN(CCC)C(=O)c2cccc(F)c2)nn2c(=O)cc(C)n(C)c12.CCCc1c(CN(CCC)C(=O)c2cccc(F)c2)nn2c(OC)cc(C)nc12. The van der Waals surface area contributed by atoms with Gasteiger partial charge in [-0.05, 0) is 75.9 Å². The molecule has 308 valence electrons. The molecule has 2 amide bonds. The van der Waals surface area contributed by atoms with Crippen molar-refractivity contribution in [3.05, 3.63) is 128 Å². The Morgan fingerprint density at radius 1 is 0.724 bits per heavy atom. The molecule has 6 aromatic rings. The van der Waals surface area contributed by atoms with Crippen LogP contribution in [0.3, 0.4) is 0 Å². The molecule has 0 N–H and O–H groups in total. The molecule has 12 nitrogen and oxygen atoms in total. The number of hydrogen-bond acceptors (Lipinski definition) is 7. The van der Waals surface area contributed by atoms with Crippen LogP contribution in [0.25, 0.3) is 11.3 Å². The van der Waals surface area contributed by atoms with Gasteiger partial charge in [0, 0.05) is 65.9 Å². The molecule has 6 rings (SSSR count). The van der Waals surface area contributed by atoms with Gasteiger partial charge >= 0.3 is 0 Å². The highest BCUT2D eigenvalue weighted by Gasteiger charge is 2.24. The minimum atomic E-state index is -0.440. The van der Waals surface area contributed by atoms with Crippen molar-refractivity contribution < 1.29 is 23.1 Å². The highest BCUT2D eigenvalue weighted by atomic mass is 19.1. The van der Waals surface area contributed by atoms with Crippen molar-refractivity contribution in [2.75, 3.05) is 20.2 Å². The molecule has 0 aliphatic carbocycles. The molecule has 14 heteroatoms. The van der Waals surface area contributed by atoms with Crippen molar-refractivity contribution in [1.82, 2.24) is 38.6 Å². The van der Waals surface area contributed by atoms with Crippen molar-refractivity contribution >= 4 is 23.1 Å². The number of fused-ring (bicyclic) bond motifs is 2. The first kappa shape index (κ1) is 43.2. The number of rotatable bonds is 15. The average Bonchev–Trinajstić information content (AvgIpc) is 3.73. The van der Waals surface area contributed by atoms with Crippen molar-refractivity contribution in [3.63, 3.8) is 0 Å². The predicted octanol–water partition coefficient (Wildman–Crippen LogP) is 7.68. The lowest BCUT2D eigenvalue weighted by Crippen LogP contribution is -2.32. The number of hydrogen-bond donors (Lipinski definition) is 0. The smallest absolute Gasteiger partial charge is 0.274 e. The van der Waals surface area contributed by atoms with Crippen LogP contribution in [0.4, 0.5) is 8.78 Å². The van der Waals surface area contributed by atoms with Gasteiger partial charge in [-0.2, -0.15) is 19.2 Å². The van der Waals surface area contributed by atoms with E-state index in [2.05, 4.69) is 23.9 Å². The standard InChI is InChI=1S/2C22H27FN4O2/c1-5-8-18-19(24-27-20(28)12-15(3)25(4)21(18)27)14-26(11-6-2)22(29)16-9-7-10-17(23)13-16;1-5-8-18-19(25-27-20(29-4)12-15(3)24-21(18)27)14-26(11-6-2)22(28)16-9-7-10-17(23)13-16/h2*7,9-10,12-13H,5-6,8,11,14H2,1-4H3. The molecule has 0 saturated carbocycles. The van der Waals surface area contributed by atoms with Crippen LogP contribution in [0.1, 0.15) is 108 Å². The molecule has 4 aromatic heterocycles. The zero-order chi connectivity index (χ0) is 42.1. The summed E-state index contributed by atoms with van der Waals surface area (Å²) in [5, 5.41) is 9.28. The molecule has 2 aromatic carbocycles. The Morgan fingerprint density at radius 2 is 1.24 bits per heavy atom. The minimum Gasteiger partial charge on any atom is -0.481 e. The van der Waals surface area contributed by atoms with Crippen molar-refractivity contribution in [2.24, 2.45) is 7.05 Å². The monoisotopic (exact) mass is 796 g/mol. The zero-order valence-corrected chi connectivity index (χ0v) is 34.8. The lowest BCUT2D eigenvalue weighted by Gasteiger charge is -2.22. The van der Waals surface area contributed by atoms with E-state index in [1.54, 1.807) is 45.7 Å². The molecule has 58 heavy (non-hydrogen) atoms. The van der Waals surface area contributed by atoms with Crippen LogP contribution in [-0.4, -0.2) is 70.6 Å². The molecule has 0 saturated heterocycles. The Kier molecular flexibility index (Phi) is 14.5. The molecule has 0 bridgehead atoms. The zero-order valence-electron chi connectivity index (χ0n) is 34.8. The van der Waals surface area contributed by atoms with Crippen molar-refractivity contribution in [3.8, 4) is 5.88 Å². The van der Waals surface area contributed by atoms with Crippen LogP contribution < -0.4 is 10.3 Å². The van der Waals surface area contributed by atoms with E-state index >= 15 is 0 Å². The fraction of sp³-hybridized carbons (Fsp3) is 0.409. The van der Waals surface area contributed by atoms with Crippen LogP contribution in [0, 0.1) is 25.5 Å². The average molecular weight is 797 g/mol. The van der Waals surface area contributed by atoms with Gasteiger partial charge in [0.2, 0.25) is 5.88 Å². The van der Waals surface area contributed by atoms with Gasteiger partial charge in [-0.1, -0.05) is 52.7 Å². The first-order valence-electron chi connectivity index (χ1n) is 19.9. The summed E-state index contributed by atoms with van der Waals surface area (Å²) in [7, 11) is 3.52. The van der Waals surface area contributed by atoms with Gasteiger partial charge in [0.1, 0.15) is 17.3 Å². The Morgan fingerprint density at radius 3 is 1.74 bits per heavy atom. The third-order valence-corrected chi connectivity index (χ3v) is 9.89. The summed E-state index contributed by atoms with van der Waals surface area (Å²) < 4.78 is 37.8. The second kappa shape index (κ2) is 19.5. The second-order valence-electron chi connectivity index (χ2n) is 14.4.